The van der Waals surface area contributed by atoms with Gasteiger partial charge in [-0.3, -0.25) is 4.68 Å². The minimum absolute atomic E-state index is 0. The molecule has 1 rings (SSSR count). The number of halogens is 1. The number of nitrogens with zero attached hydrogens (tertiary/aromatic N) is 3. The molecular weight excluding hydrogens is 152 g/mol. The lowest BCUT2D eigenvalue weighted by molar-refractivity contribution is 0.565. The summed E-state index contributed by atoms with van der Waals surface area (Å²) < 4.78 is 1.79. The van der Waals surface area contributed by atoms with Gasteiger partial charge in [0.05, 0.1) is 12.7 Å². The number of hydrogen-bond acceptors (Lipinski definition) is 3. The fourth-order valence-electron chi connectivity index (χ4n) is 0.578. The summed E-state index contributed by atoms with van der Waals surface area (Å²) in [6.07, 6.45) is 3.52. The second kappa shape index (κ2) is 5.20. The van der Waals surface area contributed by atoms with E-state index in [0.717, 1.165) is 13.1 Å². The minimum Gasteiger partial charge on any atom is -0.318 e. The zero-order chi connectivity index (χ0) is 6.53. The second-order valence-electron chi connectivity index (χ2n) is 1.77. The lowest BCUT2D eigenvalue weighted by atomic mass is 10.6. The van der Waals surface area contributed by atoms with Crippen molar-refractivity contribution in [3.63, 3.8) is 0 Å². The van der Waals surface area contributed by atoms with E-state index in [0.29, 0.717) is 0 Å². The van der Waals surface area contributed by atoms with Gasteiger partial charge in [-0.15, -0.1) is 17.5 Å². The van der Waals surface area contributed by atoms with Crippen LogP contribution < -0.4 is 5.32 Å². The predicted molar refractivity (Wildman–Crippen MR) is 41.2 cm³/mol. The fraction of sp³-hybridized carbons (Fsp3) is 0.600. The van der Waals surface area contributed by atoms with Crippen molar-refractivity contribution in [3.8, 4) is 0 Å². The van der Waals surface area contributed by atoms with Crippen LogP contribution >= 0.6 is 12.4 Å². The molecule has 0 fully saturated rings. The van der Waals surface area contributed by atoms with Crippen molar-refractivity contribution in [2.24, 2.45) is 0 Å². The topological polar surface area (TPSA) is 42.7 Å². The van der Waals surface area contributed by atoms with Crippen molar-refractivity contribution < 1.29 is 0 Å². The zero-order valence-electron chi connectivity index (χ0n) is 5.82. The molecule has 0 atom stereocenters. The van der Waals surface area contributed by atoms with E-state index < -0.39 is 0 Å². The summed E-state index contributed by atoms with van der Waals surface area (Å²) in [5, 5.41) is 10.5. The molecule has 5 heteroatoms. The molecule has 0 unspecified atom stereocenters. The van der Waals surface area contributed by atoms with Gasteiger partial charge in [-0.25, -0.2) is 0 Å². The summed E-state index contributed by atoms with van der Waals surface area (Å²) in [6, 6.07) is 0. The average Bonchev–Trinajstić information content (AvgIpc) is 2.34. The van der Waals surface area contributed by atoms with Gasteiger partial charge in [0, 0.05) is 12.7 Å². The molecule has 4 nitrogen and oxygen atoms in total. The Balaban J connectivity index is 0.000000810. The highest BCUT2D eigenvalue weighted by molar-refractivity contribution is 5.85. The van der Waals surface area contributed by atoms with Gasteiger partial charge >= 0.3 is 0 Å². The predicted octanol–water partition coefficient (Wildman–Crippen LogP) is -0.0807. The Hall–Kier alpha value is -0.610. The van der Waals surface area contributed by atoms with E-state index in [2.05, 4.69) is 15.6 Å². The minimum atomic E-state index is 0. The normalized spacial score (nSPS) is 8.90. The average molecular weight is 163 g/mol. The van der Waals surface area contributed by atoms with Crippen LogP contribution in [0.3, 0.4) is 0 Å². The molecule has 1 heterocycles. The first-order valence-electron chi connectivity index (χ1n) is 2.92. The summed E-state index contributed by atoms with van der Waals surface area (Å²) >= 11 is 0. The van der Waals surface area contributed by atoms with Gasteiger partial charge in [0.25, 0.3) is 0 Å². The monoisotopic (exact) mass is 162 g/mol. The van der Waals surface area contributed by atoms with E-state index in [1.807, 2.05) is 13.2 Å². The van der Waals surface area contributed by atoms with Gasteiger partial charge in [-0.05, 0) is 7.05 Å². The number of rotatable bonds is 3. The Kier molecular flexibility index (Phi) is 4.88. The maximum absolute atomic E-state index is 3.78. The quantitative estimate of drug-likeness (QED) is 0.676. The van der Waals surface area contributed by atoms with Gasteiger partial charge in [-0.1, -0.05) is 5.21 Å². The standard InChI is InChI=1S/C5H10N4.ClH/c1-6-2-4-9-5-3-7-8-9;/h3,5-6H,2,4H2,1H3;1H. The van der Waals surface area contributed by atoms with Crippen LogP contribution in [0.1, 0.15) is 0 Å². The van der Waals surface area contributed by atoms with Crippen LogP contribution in [0.15, 0.2) is 12.4 Å². The summed E-state index contributed by atoms with van der Waals surface area (Å²) in [5.41, 5.74) is 0. The van der Waals surface area contributed by atoms with E-state index in [-0.39, 0.29) is 12.4 Å². The third-order valence-corrected chi connectivity index (χ3v) is 1.06. The Morgan fingerprint density at radius 3 is 2.90 bits per heavy atom. The number of hydrogen-bond donors (Lipinski definition) is 1. The highest BCUT2D eigenvalue weighted by Gasteiger charge is 1.86. The molecule has 0 aromatic carbocycles. The molecule has 58 valence electrons. The molecule has 0 amide bonds. The molecule has 10 heavy (non-hydrogen) atoms. The summed E-state index contributed by atoms with van der Waals surface area (Å²) in [4.78, 5) is 0. The molecule has 0 saturated carbocycles. The van der Waals surface area contributed by atoms with Crippen molar-refractivity contribution >= 4 is 12.4 Å². The smallest absolute Gasteiger partial charge is 0.0692 e. The first kappa shape index (κ1) is 9.39. The van der Waals surface area contributed by atoms with Crippen molar-refractivity contribution in [2.45, 2.75) is 6.54 Å². The van der Waals surface area contributed by atoms with Crippen LogP contribution in [0.5, 0.6) is 0 Å². The summed E-state index contributed by atoms with van der Waals surface area (Å²) in [5.74, 6) is 0. The molecule has 0 aliphatic carbocycles. The first-order chi connectivity index (χ1) is 4.43. The molecule has 1 aromatic heterocycles. The van der Waals surface area contributed by atoms with Crippen LogP contribution in [0, 0.1) is 0 Å². The number of aromatic nitrogens is 3. The van der Waals surface area contributed by atoms with Crippen LogP contribution in [-0.2, 0) is 6.54 Å². The molecule has 0 aliphatic heterocycles. The SMILES string of the molecule is CNCCn1ccnn1.Cl. The van der Waals surface area contributed by atoms with E-state index >= 15 is 0 Å². The zero-order valence-corrected chi connectivity index (χ0v) is 6.64. The van der Waals surface area contributed by atoms with Crippen LogP contribution in [0.25, 0.3) is 0 Å². The Bertz CT molecular complexity index is 151. The lowest BCUT2D eigenvalue weighted by Crippen LogP contribution is -2.15. The third kappa shape index (κ3) is 2.80. The van der Waals surface area contributed by atoms with E-state index in [4.69, 9.17) is 0 Å². The molecule has 1 aromatic rings. The van der Waals surface area contributed by atoms with Gasteiger partial charge in [-0.2, -0.15) is 0 Å². The molecular formula is C5H11ClN4. The number of nitrogens with one attached hydrogen (secondary N) is 1. The Morgan fingerprint density at radius 1 is 1.60 bits per heavy atom. The maximum atomic E-state index is 3.78. The fourth-order valence-corrected chi connectivity index (χ4v) is 0.578. The first-order valence-corrected chi connectivity index (χ1v) is 2.92. The molecule has 0 spiro atoms. The Morgan fingerprint density at radius 2 is 2.40 bits per heavy atom. The van der Waals surface area contributed by atoms with Gasteiger partial charge in [0.2, 0.25) is 0 Å². The van der Waals surface area contributed by atoms with E-state index in [1.165, 1.54) is 0 Å². The van der Waals surface area contributed by atoms with Gasteiger partial charge in [0.15, 0.2) is 0 Å². The molecule has 0 radical (unpaired) electrons. The highest BCUT2D eigenvalue weighted by atomic mass is 35.5. The maximum Gasteiger partial charge on any atom is 0.0692 e. The molecule has 0 bridgehead atoms. The van der Waals surface area contributed by atoms with Crippen LogP contribution in [0.4, 0.5) is 0 Å². The van der Waals surface area contributed by atoms with Crippen molar-refractivity contribution in [1.82, 2.24) is 20.3 Å². The Labute approximate surface area is 66.0 Å². The van der Waals surface area contributed by atoms with Crippen molar-refractivity contribution in [3.05, 3.63) is 12.4 Å². The number of likely N-dealkylation sites (N-methyl/N-ethyl adjacent to an activating group) is 1. The molecule has 1 N–H and O–H groups in total. The molecule has 0 aliphatic rings. The second-order valence-corrected chi connectivity index (χ2v) is 1.77. The van der Waals surface area contributed by atoms with Crippen LogP contribution in [-0.4, -0.2) is 28.6 Å². The third-order valence-electron chi connectivity index (χ3n) is 1.06. The lowest BCUT2D eigenvalue weighted by Gasteiger charge is -1.96. The highest BCUT2D eigenvalue weighted by Crippen LogP contribution is 1.76. The van der Waals surface area contributed by atoms with Gasteiger partial charge < -0.3 is 5.32 Å². The van der Waals surface area contributed by atoms with Crippen molar-refractivity contribution in [1.29, 1.82) is 0 Å². The van der Waals surface area contributed by atoms with E-state index in [9.17, 15) is 0 Å². The summed E-state index contributed by atoms with van der Waals surface area (Å²) in [6.45, 7) is 1.82. The largest absolute Gasteiger partial charge is 0.318 e. The molecule has 0 saturated heterocycles. The van der Waals surface area contributed by atoms with E-state index in [1.54, 1.807) is 10.9 Å². The van der Waals surface area contributed by atoms with Gasteiger partial charge in [0.1, 0.15) is 0 Å². The summed E-state index contributed by atoms with van der Waals surface area (Å²) in [7, 11) is 1.91. The van der Waals surface area contributed by atoms with Crippen LogP contribution in [0.2, 0.25) is 0 Å². The van der Waals surface area contributed by atoms with Crippen molar-refractivity contribution in [2.75, 3.05) is 13.6 Å².